The van der Waals surface area contributed by atoms with Gasteiger partial charge in [-0.3, -0.25) is 9.59 Å². The van der Waals surface area contributed by atoms with Crippen LogP contribution in [0.4, 0.5) is 9.59 Å². The Morgan fingerprint density at radius 3 is 2.30 bits per heavy atom. The minimum atomic E-state index is -0.988. The standard InChI is InChI=1S/C20H27N3O7/c1-20(2,3)29-19(27)22-15(13-28-12-14-7-5-4-6-8-14)11-21-18(26)30-23-16(24)9-10-17(23)25/h4-8,15H,9-13H2,1-3H3,(H,21,26)(H,22,27)/t15-/m0/s1. The molecule has 1 aromatic carbocycles. The van der Waals surface area contributed by atoms with Crippen LogP contribution >= 0.6 is 0 Å². The molecule has 10 heteroatoms. The fraction of sp³-hybridized carbons (Fsp3) is 0.500. The van der Waals surface area contributed by atoms with Crippen molar-refractivity contribution in [1.29, 1.82) is 0 Å². The molecule has 0 saturated carbocycles. The lowest BCUT2D eigenvalue weighted by atomic mass is 10.2. The molecule has 1 aromatic rings. The van der Waals surface area contributed by atoms with Gasteiger partial charge in [-0.05, 0) is 26.3 Å². The molecule has 0 unspecified atom stereocenters. The number of carbonyl (C=O) groups is 4. The van der Waals surface area contributed by atoms with Crippen LogP contribution in [0.3, 0.4) is 0 Å². The summed E-state index contributed by atoms with van der Waals surface area (Å²) in [6, 6.07) is 8.82. The second kappa shape index (κ2) is 10.6. The highest BCUT2D eigenvalue weighted by atomic mass is 16.7. The molecular weight excluding hydrogens is 394 g/mol. The second-order valence-corrected chi connectivity index (χ2v) is 7.69. The van der Waals surface area contributed by atoms with Crippen LogP contribution in [0.15, 0.2) is 30.3 Å². The molecular formula is C20H27N3O7. The predicted molar refractivity (Wildman–Crippen MR) is 105 cm³/mol. The number of ether oxygens (including phenoxy) is 2. The summed E-state index contributed by atoms with van der Waals surface area (Å²) in [5.41, 5.74) is 0.259. The first-order chi connectivity index (χ1) is 14.1. The predicted octanol–water partition coefficient (Wildman–Crippen LogP) is 1.89. The highest BCUT2D eigenvalue weighted by Crippen LogP contribution is 2.12. The monoisotopic (exact) mass is 421 g/mol. The van der Waals surface area contributed by atoms with Gasteiger partial charge in [0, 0.05) is 19.4 Å². The molecule has 1 aliphatic heterocycles. The fourth-order valence-corrected chi connectivity index (χ4v) is 2.50. The first-order valence-electron chi connectivity index (χ1n) is 9.57. The van der Waals surface area contributed by atoms with Crippen molar-refractivity contribution in [3.63, 3.8) is 0 Å². The van der Waals surface area contributed by atoms with Crippen LogP contribution in [0.5, 0.6) is 0 Å². The van der Waals surface area contributed by atoms with E-state index in [0.29, 0.717) is 11.7 Å². The molecule has 0 aliphatic carbocycles. The van der Waals surface area contributed by atoms with Crippen LogP contribution in [-0.4, -0.2) is 53.9 Å². The Labute approximate surface area is 174 Å². The molecule has 0 radical (unpaired) electrons. The Morgan fingerprint density at radius 1 is 1.07 bits per heavy atom. The first kappa shape index (κ1) is 23.1. The minimum Gasteiger partial charge on any atom is -0.444 e. The van der Waals surface area contributed by atoms with Gasteiger partial charge in [0.25, 0.3) is 11.8 Å². The van der Waals surface area contributed by atoms with E-state index in [0.717, 1.165) is 5.56 Å². The zero-order chi connectivity index (χ0) is 22.1. The van der Waals surface area contributed by atoms with Gasteiger partial charge in [-0.15, -0.1) is 5.06 Å². The Hall–Kier alpha value is -3.14. The summed E-state index contributed by atoms with van der Waals surface area (Å²) < 4.78 is 10.9. The molecule has 1 fully saturated rings. The highest BCUT2D eigenvalue weighted by Gasteiger charge is 2.33. The third-order valence-corrected chi connectivity index (χ3v) is 3.82. The Kier molecular flexibility index (Phi) is 8.16. The number of benzene rings is 1. The summed E-state index contributed by atoms with van der Waals surface area (Å²) in [7, 11) is 0. The highest BCUT2D eigenvalue weighted by molar-refractivity contribution is 6.01. The maximum Gasteiger partial charge on any atom is 0.432 e. The van der Waals surface area contributed by atoms with E-state index in [1.807, 2.05) is 30.3 Å². The van der Waals surface area contributed by atoms with E-state index < -0.39 is 35.6 Å². The normalized spacial score (nSPS) is 15.0. The summed E-state index contributed by atoms with van der Waals surface area (Å²) in [5, 5.41) is 5.47. The summed E-state index contributed by atoms with van der Waals surface area (Å²) in [4.78, 5) is 51.8. The lowest BCUT2D eigenvalue weighted by molar-refractivity contribution is -0.171. The summed E-state index contributed by atoms with van der Waals surface area (Å²) >= 11 is 0. The number of nitrogens with zero attached hydrogens (tertiary/aromatic N) is 1. The SMILES string of the molecule is CC(C)(C)OC(=O)N[C@@H](CNC(=O)ON1C(=O)CCC1=O)COCc1ccccc1. The van der Waals surface area contributed by atoms with Crippen LogP contribution in [0, 0.1) is 0 Å². The number of hydroxylamine groups is 2. The Balaban J connectivity index is 1.87. The second-order valence-electron chi connectivity index (χ2n) is 7.69. The molecule has 1 heterocycles. The van der Waals surface area contributed by atoms with E-state index >= 15 is 0 Å². The molecule has 1 atom stereocenters. The third-order valence-electron chi connectivity index (χ3n) is 3.82. The number of imide groups is 1. The molecule has 0 aromatic heterocycles. The van der Waals surface area contributed by atoms with Gasteiger partial charge in [0.05, 0.1) is 19.3 Å². The number of amides is 4. The molecule has 0 spiro atoms. The number of carbonyl (C=O) groups excluding carboxylic acids is 4. The van der Waals surface area contributed by atoms with Gasteiger partial charge in [0.15, 0.2) is 0 Å². The lowest BCUT2D eigenvalue weighted by Crippen LogP contribution is -2.48. The van der Waals surface area contributed by atoms with Crippen molar-refractivity contribution in [2.75, 3.05) is 13.2 Å². The zero-order valence-corrected chi connectivity index (χ0v) is 17.3. The number of nitrogens with one attached hydrogen (secondary N) is 2. The van der Waals surface area contributed by atoms with Crippen LogP contribution in [0.1, 0.15) is 39.2 Å². The summed E-state index contributed by atoms with van der Waals surface area (Å²) in [5.74, 6) is -1.16. The molecule has 10 nitrogen and oxygen atoms in total. The maximum absolute atomic E-state index is 12.1. The van der Waals surface area contributed by atoms with Crippen molar-refractivity contribution in [1.82, 2.24) is 15.7 Å². The van der Waals surface area contributed by atoms with E-state index in [2.05, 4.69) is 10.6 Å². The van der Waals surface area contributed by atoms with Crippen LogP contribution in [0.25, 0.3) is 0 Å². The molecule has 2 rings (SSSR count). The lowest BCUT2D eigenvalue weighted by Gasteiger charge is -2.24. The summed E-state index contributed by atoms with van der Waals surface area (Å²) in [6.07, 6.45) is -1.65. The van der Waals surface area contributed by atoms with Crippen molar-refractivity contribution in [2.45, 2.75) is 51.9 Å². The van der Waals surface area contributed by atoms with Gasteiger partial charge in [-0.1, -0.05) is 30.3 Å². The molecule has 30 heavy (non-hydrogen) atoms. The number of hydrogen-bond donors (Lipinski definition) is 2. The maximum atomic E-state index is 12.1. The zero-order valence-electron chi connectivity index (χ0n) is 17.3. The number of alkyl carbamates (subject to hydrolysis) is 1. The Morgan fingerprint density at radius 2 is 1.70 bits per heavy atom. The van der Waals surface area contributed by atoms with Crippen molar-refractivity contribution >= 4 is 24.0 Å². The third kappa shape index (κ3) is 8.08. The summed E-state index contributed by atoms with van der Waals surface area (Å²) in [6.45, 7) is 5.52. The van der Waals surface area contributed by atoms with Gasteiger partial charge in [0.2, 0.25) is 0 Å². The number of rotatable bonds is 8. The van der Waals surface area contributed by atoms with E-state index in [1.54, 1.807) is 20.8 Å². The topological polar surface area (TPSA) is 123 Å². The Bertz CT molecular complexity index is 745. The first-order valence-corrected chi connectivity index (χ1v) is 9.57. The molecule has 1 aliphatic rings. The molecule has 0 bridgehead atoms. The van der Waals surface area contributed by atoms with Gasteiger partial charge in [0.1, 0.15) is 5.60 Å². The van der Waals surface area contributed by atoms with Crippen LogP contribution in [-0.2, 0) is 30.5 Å². The smallest absolute Gasteiger partial charge is 0.432 e. The van der Waals surface area contributed by atoms with Crippen molar-refractivity contribution in [3.8, 4) is 0 Å². The largest absolute Gasteiger partial charge is 0.444 e. The average molecular weight is 421 g/mol. The van der Waals surface area contributed by atoms with E-state index in [-0.39, 0.29) is 26.0 Å². The van der Waals surface area contributed by atoms with Crippen molar-refractivity contribution in [3.05, 3.63) is 35.9 Å². The van der Waals surface area contributed by atoms with Gasteiger partial charge in [-0.25, -0.2) is 9.59 Å². The van der Waals surface area contributed by atoms with E-state index in [9.17, 15) is 19.2 Å². The minimum absolute atomic E-state index is 0.00225. The fourth-order valence-electron chi connectivity index (χ4n) is 2.50. The molecule has 164 valence electrons. The van der Waals surface area contributed by atoms with Crippen molar-refractivity contribution < 1.29 is 33.5 Å². The van der Waals surface area contributed by atoms with Crippen molar-refractivity contribution in [2.24, 2.45) is 0 Å². The van der Waals surface area contributed by atoms with E-state index in [4.69, 9.17) is 14.3 Å². The van der Waals surface area contributed by atoms with Gasteiger partial charge >= 0.3 is 12.2 Å². The molecule has 1 saturated heterocycles. The van der Waals surface area contributed by atoms with Gasteiger partial charge in [-0.2, -0.15) is 0 Å². The van der Waals surface area contributed by atoms with Crippen LogP contribution < -0.4 is 10.6 Å². The quantitative estimate of drug-likeness (QED) is 0.614. The van der Waals surface area contributed by atoms with Crippen LogP contribution in [0.2, 0.25) is 0 Å². The molecule has 2 N–H and O–H groups in total. The van der Waals surface area contributed by atoms with Gasteiger partial charge < -0.3 is 24.9 Å². The molecule has 4 amide bonds. The van der Waals surface area contributed by atoms with E-state index in [1.165, 1.54) is 0 Å². The number of hydrogen-bond acceptors (Lipinski definition) is 7. The average Bonchev–Trinajstić information content (AvgIpc) is 2.97.